The van der Waals surface area contributed by atoms with Gasteiger partial charge in [-0.1, -0.05) is 0 Å². The molecule has 2 saturated heterocycles. The molecule has 2 fully saturated rings. The van der Waals surface area contributed by atoms with Crippen molar-refractivity contribution in [1.82, 2.24) is 25.5 Å². The molecule has 2 aliphatic heterocycles. The Balaban J connectivity index is 1.10. The lowest BCUT2D eigenvalue weighted by Crippen LogP contribution is -2.51. The van der Waals surface area contributed by atoms with Gasteiger partial charge in [0.1, 0.15) is 0 Å². The molecule has 1 aromatic heterocycles. The SMILES string of the molecule is N#Cc1ccc(N2CCC(NC(=O)NCCN3CCN(c4ncccn4)CC3)CC2)cc1. The molecule has 2 amide bonds. The van der Waals surface area contributed by atoms with Crippen LogP contribution in [0.5, 0.6) is 0 Å². The van der Waals surface area contributed by atoms with E-state index in [1.54, 1.807) is 12.4 Å². The van der Waals surface area contributed by atoms with Crippen molar-refractivity contribution in [3.63, 3.8) is 0 Å². The first kappa shape index (κ1) is 21.8. The number of piperazine rings is 1. The molecule has 4 rings (SSSR count). The van der Waals surface area contributed by atoms with Crippen LogP contribution in [0.1, 0.15) is 18.4 Å². The molecule has 0 spiro atoms. The van der Waals surface area contributed by atoms with Crippen molar-refractivity contribution in [2.24, 2.45) is 0 Å². The number of aromatic nitrogens is 2. The number of hydrogen-bond acceptors (Lipinski definition) is 7. The van der Waals surface area contributed by atoms with E-state index in [4.69, 9.17) is 5.26 Å². The zero-order valence-corrected chi connectivity index (χ0v) is 18.3. The predicted molar refractivity (Wildman–Crippen MR) is 124 cm³/mol. The van der Waals surface area contributed by atoms with E-state index in [2.05, 4.69) is 41.4 Å². The number of nitrogens with zero attached hydrogens (tertiary/aromatic N) is 6. The molecule has 0 bridgehead atoms. The van der Waals surface area contributed by atoms with E-state index in [9.17, 15) is 4.79 Å². The van der Waals surface area contributed by atoms with Crippen LogP contribution in [-0.2, 0) is 0 Å². The third-order valence-corrected chi connectivity index (χ3v) is 6.11. The molecule has 2 aliphatic rings. The van der Waals surface area contributed by atoms with Crippen LogP contribution in [0.4, 0.5) is 16.4 Å². The van der Waals surface area contributed by atoms with Gasteiger partial charge in [-0.3, -0.25) is 4.90 Å². The molecule has 0 saturated carbocycles. The monoisotopic (exact) mass is 434 g/mol. The Bertz CT molecular complexity index is 898. The van der Waals surface area contributed by atoms with Crippen molar-refractivity contribution in [3.8, 4) is 6.07 Å². The van der Waals surface area contributed by atoms with E-state index < -0.39 is 0 Å². The minimum atomic E-state index is -0.0851. The molecule has 1 aromatic carbocycles. The molecule has 0 unspecified atom stereocenters. The summed E-state index contributed by atoms with van der Waals surface area (Å²) in [6.07, 6.45) is 5.37. The number of rotatable bonds is 6. The van der Waals surface area contributed by atoms with Crippen molar-refractivity contribution in [2.45, 2.75) is 18.9 Å². The van der Waals surface area contributed by atoms with Gasteiger partial charge in [0.2, 0.25) is 5.95 Å². The summed E-state index contributed by atoms with van der Waals surface area (Å²) in [6, 6.07) is 11.8. The van der Waals surface area contributed by atoms with E-state index >= 15 is 0 Å². The summed E-state index contributed by atoms with van der Waals surface area (Å²) >= 11 is 0. The second-order valence-electron chi connectivity index (χ2n) is 8.20. The van der Waals surface area contributed by atoms with Crippen molar-refractivity contribution >= 4 is 17.7 Å². The second kappa shape index (κ2) is 10.8. The first-order valence-corrected chi connectivity index (χ1v) is 11.2. The number of benzene rings is 1. The van der Waals surface area contributed by atoms with Gasteiger partial charge in [0.05, 0.1) is 11.6 Å². The van der Waals surface area contributed by atoms with E-state index in [1.807, 2.05) is 30.3 Å². The average molecular weight is 435 g/mol. The fourth-order valence-electron chi connectivity index (χ4n) is 4.22. The molecule has 3 heterocycles. The highest BCUT2D eigenvalue weighted by Crippen LogP contribution is 2.20. The Morgan fingerprint density at radius 3 is 2.34 bits per heavy atom. The third kappa shape index (κ3) is 5.86. The van der Waals surface area contributed by atoms with E-state index in [0.29, 0.717) is 12.1 Å². The molecule has 32 heavy (non-hydrogen) atoms. The fraction of sp³-hybridized carbons (Fsp3) is 0.478. The van der Waals surface area contributed by atoms with Gasteiger partial charge < -0.3 is 20.4 Å². The summed E-state index contributed by atoms with van der Waals surface area (Å²) in [5.41, 5.74) is 1.81. The maximum absolute atomic E-state index is 12.3. The van der Waals surface area contributed by atoms with Crippen molar-refractivity contribution < 1.29 is 4.79 Å². The quantitative estimate of drug-likeness (QED) is 0.710. The highest BCUT2D eigenvalue weighted by molar-refractivity contribution is 5.74. The number of carbonyl (C=O) groups is 1. The van der Waals surface area contributed by atoms with Gasteiger partial charge in [-0.25, -0.2) is 14.8 Å². The van der Waals surface area contributed by atoms with Gasteiger partial charge in [0, 0.05) is 76.5 Å². The third-order valence-electron chi connectivity index (χ3n) is 6.11. The molecule has 2 N–H and O–H groups in total. The largest absolute Gasteiger partial charge is 0.371 e. The fourth-order valence-corrected chi connectivity index (χ4v) is 4.22. The van der Waals surface area contributed by atoms with Crippen LogP contribution < -0.4 is 20.4 Å². The van der Waals surface area contributed by atoms with E-state index in [1.165, 1.54) is 0 Å². The van der Waals surface area contributed by atoms with Crippen molar-refractivity contribution in [1.29, 1.82) is 5.26 Å². The van der Waals surface area contributed by atoms with E-state index in [-0.39, 0.29) is 12.1 Å². The van der Waals surface area contributed by atoms with Gasteiger partial charge in [-0.05, 0) is 43.2 Å². The summed E-state index contributed by atoms with van der Waals surface area (Å²) in [7, 11) is 0. The van der Waals surface area contributed by atoms with Crippen LogP contribution in [0, 0.1) is 11.3 Å². The van der Waals surface area contributed by atoms with Crippen molar-refractivity contribution in [2.75, 3.05) is 62.2 Å². The topological polar surface area (TPSA) is 100 Å². The Labute approximate surface area is 189 Å². The Morgan fingerprint density at radius 2 is 1.69 bits per heavy atom. The summed E-state index contributed by atoms with van der Waals surface area (Å²) in [5.74, 6) is 0.787. The Kier molecular flexibility index (Phi) is 7.35. The molecule has 9 nitrogen and oxygen atoms in total. The van der Waals surface area contributed by atoms with Crippen LogP contribution in [0.3, 0.4) is 0 Å². The molecule has 168 valence electrons. The highest BCUT2D eigenvalue weighted by Gasteiger charge is 2.21. The maximum atomic E-state index is 12.3. The maximum Gasteiger partial charge on any atom is 0.315 e. The Morgan fingerprint density at radius 1 is 1.00 bits per heavy atom. The minimum Gasteiger partial charge on any atom is -0.371 e. The van der Waals surface area contributed by atoms with Gasteiger partial charge in [0.15, 0.2) is 0 Å². The normalized spacial score (nSPS) is 17.6. The first-order chi connectivity index (χ1) is 15.7. The zero-order chi connectivity index (χ0) is 22.2. The summed E-state index contributed by atoms with van der Waals surface area (Å²) < 4.78 is 0. The van der Waals surface area contributed by atoms with Gasteiger partial charge >= 0.3 is 6.03 Å². The second-order valence-corrected chi connectivity index (χ2v) is 8.20. The lowest BCUT2D eigenvalue weighted by molar-refractivity contribution is 0.226. The number of hydrogen-bond donors (Lipinski definition) is 2. The average Bonchev–Trinajstić information content (AvgIpc) is 2.85. The number of carbonyl (C=O) groups excluding carboxylic acids is 1. The molecular formula is C23H30N8O. The molecular weight excluding hydrogens is 404 g/mol. The molecule has 0 atom stereocenters. The molecule has 2 aromatic rings. The molecule has 9 heteroatoms. The lowest BCUT2D eigenvalue weighted by atomic mass is 10.0. The predicted octanol–water partition coefficient (Wildman–Crippen LogP) is 1.44. The van der Waals surface area contributed by atoms with Crippen LogP contribution >= 0.6 is 0 Å². The summed E-state index contributed by atoms with van der Waals surface area (Å²) in [6.45, 7) is 6.94. The lowest BCUT2D eigenvalue weighted by Gasteiger charge is -2.35. The number of anilines is 2. The number of amides is 2. The van der Waals surface area contributed by atoms with E-state index in [0.717, 1.165) is 70.3 Å². The number of nitriles is 1. The highest BCUT2D eigenvalue weighted by atomic mass is 16.2. The van der Waals surface area contributed by atoms with Crippen LogP contribution in [-0.4, -0.2) is 79.3 Å². The molecule has 0 aliphatic carbocycles. The summed E-state index contributed by atoms with van der Waals surface area (Å²) in [4.78, 5) is 27.8. The van der Waals surface area contributed by atoms with Crippen LogP contribution in [0.25, 0.3) is 0 Å². The molecule has 0 radical (unpaired) electrons. The van der Waals surface area contributed by atoms with Crippen LogP contribution in [0.2, 0.25) is 0 Å². The number of urea groups is 1. The zero-order valence-electron chi connectivity index (χ0n) is 18.3. The summed E-state index contributed by atoms with van der Waals surface area (Å²) in [5, 5.41) is 15.0. The van der Waals surface area contributed by atoms with Gasteiger partial charge in [0.25, 0.3) is 0 Å². The first-order valence-electron chi connectivity index (χ1n) is 11.2. The van der Waals surface area contributed by atoms with Gasteiger partial charge in [-0.15, -0.1) is 0 Å². The smallest absolute Gasteiger partial charge is 0.315 e. The van der Waals surface area contributed by atoms with Crippen molar-refractivity contribution in [3.05, 3.63) is 48.3 Å². The Hall–Kier alpha value is -3.38. The van der Waals surface area contributed by atoms with Gasteiger partial charge in [-0.2, -0.15) is 5.26 Å². The minimum absolute atomic E-state index is 0.0851. The number of piperidine rings is 1. The van der Waals surface area contributed by atoms with Crippen LogP contribution in [0.15, 0.2) is 42.7 Å². The number of nitrogens with one attached hydrogen (secondary N) is 2. The standard InChI is InChI=1S/C23H30N8O/c24-18-19-2-4-21(5-3-19)30-11-6-20(7-12-30)28-23(32)27-10-13-29-14-16-31(17-15-29)22-25-8-1-9-26-22/h1-5,8-9,20H,6-7,10-17H2,(H2,27,28,32).